The number of aryl methyl sites for hydroxylation is 3. The van der Waals surface area contributed by atoms with Crippen LogP contribution >= 0.6 is 0 Å². The molecule has 1 saturated heterocycles. The Balaban J connectivity index is 1.39. The molecule has 3 nitrogen and oxygen atoms in total. The number of nitrogens with zero attached hydrogens (tertiary/aromatic N) is 1. The van der Waals surface area contributed by atoms with Crippen LogP contribution in [0.3, 0.4) is 0 Å². The maximum atomic E-state index is 15.1. The van der Waals surface area contributed by atoms with E-state index in [2.05, 4.69) is 6.92 Å². The molecule has 1 fully saturated rings. The molecular formula is C28H28F3NO2. The van der Waals surface area contributed by atoms with Crippen molar-refractivity contribution in [1.82, 2.24) is 0 Å². The van der Waals surface area contributed by atoms with Gasteiger partial charge in [0, 0.05) is 17.7 Å². The molecule has 0 aromatic heterocycles. The van der Waals surface area contributed by atoms with Crippen molar-refractivity contribution < 1.29 is 22.6 Å². The number of halogens is 3. The first-order valence-electron chi connectivity index (χ1n) is 11.8. The van der Waals surface area contributed by atoms with Gasteiger partial charge >= 0.3 is 0 Å². The summed E-state index contributed by atoms with van der Waals surface area (Å²) in [6.45, 7) is 3.65. The highest BCUT2D eigenvalue weighted by Crippen LogP contribution is 2.26. The van der Waals surface area contributed by atoms with E-state index in [4.69, 9.17) is 14.7 Å². The Bertz CT molecular complexity index is 1170. The van der Waals surface area contributed by atoms with Crippen molar-refractivity contribution in [3.8, 4) is 6.07 Å². The van der Waals surface area contributed by atoms with Crippen molar-refractivity contribution >= 4 is 10.8 Å². The largest absolute Gasteiger partial charge is 0.352 e. The van der Waals surface area contributed by atoms with Crippen molar-refractivity contribution in [1.29, 1.82) is 5.26 Å². The first-order chi connectivity index (χ1) is 16.5. The van der Waals surface area contributed by atoms with Crippen LogP contribution in [0.25, 0.3) is 10.8 Å². The van der Waals surface area contributed by atoms with Crippen LogP contribution < -0.4 is 0 Å². The number of ether oxygens (including phenoxy) is 2. The van der Waals surface area contributed by atoms with Crippen molar-refractivity contribution in [2.75, 3.05) is 13.2 Å². The summed E-state index contributed by atoms with van der Waals surface area (Å²) in [4.78, 5) is 0. The molecule has 1 heterocycles. The molecule has 0 bridgehead atoms. The van der Waals surface area contributed by atoms with Gasteiger partial charge in [-0.25, -0.2) is 13.2 Å². The average Bonchev–Trinajstić information content (AvgIpc) is 2.83. The normalized spacial score (nSPS) is 18.2. The quantitative estimate of drug-likeness (QED) is 0.373. The Morgan fingerprint density at radius 2 is 1.62 bits per heavy atom. The second-order valence-corrected chi connectivity index (χ2v) is 8.93. The zero-order chi connectivity index (χ0) is 24.1. The minimum atomic E-state index is -0.895. The van der Waals surface area contributed by atoms with Crippen molar-refractivity contribution in [2.24, 2.45) is 5.92 Å². The average molecular weight is 468 g/mol. The monoisotopic (exact) mass is 467 g/mol. The molecule has 0 saturated carbocycles. The lowest BCUT2D eigenvalue weighted by Gasteiger charge is -2.29. The fraction of sp³-hybridized carbons (Fsp3) is 0.393. The number of fused-ring (bicyclic) bond motifs is 1. The summed E-state index contributed by atoms with van der Waals surface area (Å²) >= 11 is 0. The van der Waals surface area contributed by atoms with Gasteiger partial charge in [0.25, 0.3) is 0 Å². The van der Waals surface area contributed by atoms with E-state index in [-0.39, 0.29) is 18.5 Å². The molecule has 0 radical (unpaired) electrons. The molecule has 3 aromatic rings. The minimum Gasteiger partial charge on any atom is -0.352 e. The maximum Gasteiger partial charge on any atom is 0.157 e. The Hall–Kier alpha value is -2.88. The number of hydrogen-bond acceptors (Lipinski definition) is 3. The van der Waals surface area contributed by atoms with Crippen LogP contribution in [0.1, 0.15) is 48.4 Å². The van der Waals surface area contributed by atoms with Crippen molar-refractivity contribution in [2.45, 2.75) is 51.7 Å². The molecule has 0 unspecified atom stereocenters. The van der Waals surface area contributed by atoms with E-state index >= 15 is 4.39 Å². The van der Waals surface area contributed by atoms with Crippen LogP contribution in [0.5, 0.6) is 0 Å². The van der Waals surface area contributed by atoms with E-state index in [9.17, 15) is 8.78 Å². The van der Waals surface area contributed by atoms with Gasteiger partial charge < -0.3 is 9.47 Å². The van der Waals surface area contributed by atoms with E-state index in [0.717, 1.165) is 62.0 Å². The van der Waals surface area contributed by atoms with Gasteiger partial charge in [-0.2, -0.15) is 5.26 Å². The lowest BCUT2D eigenvalue weighted by molar-refractivity contribution is -0.203. The standard InChI is InChI=1S/C28H28F3NO2/c1-2-3-20-16-33-27(34-17-20)11-6-18-5-10-23-22(12-18)9-8-21(28(23)31)7-4-19-13-25(29)24(15-32)26(30)14-19/h5,8-10,12-14,20,27H,2-4,6-7,11,16-17H2,1H3. The van der Waals surface area contributed by atoms with Crippen LogP contribution in [0.2, 0.25) is 0 Å². The summed E-state index contributed by atoms with van der Waals surface area (Å²) in [6.07, 6.45) is 4.14. The van der Waals surface area contributed by atoms with Gasteiger partial charge in [0.2, 0.25) is 0 Å². The van der Waals surface area contributed by atoms with Gasteiger partial charge in [-0.1, -0.05) is 43.7 Å². The summed E-state index contributed by atoms with van der Waals surface area (Å²) < 4.78 is 54.5. The predicted octanol–water partition coefficient (Wildman–Crippen LogP) is 6.64. The Kier molecular flexibility index (Phi) is 7.87. The highest BCUT2D eigenvalue weighted by Gasteiger charge is 2.21. The van der Waals surface area contributed by atoms with Crippen LogP contribution in [0, 0.1) is 34.7 Å². The van der Waals surface area contributed by atoms with Gasteiger partial charge in [-0.15, -0.1) is 0 Å². The zero-order valence-electron chi connectivity index (χ0n) is 19.3. The lowest BCUT2D eigenvalue weighted by Crippen LogP contribution is -2.32. The molecule has 0 spiro atoms. The third-order valence-corrected chi connectivity index (χ3v) is 6.40. The third-order valence-electron chi connectivity index (χ3n) is 6.40. The summed E-state index contributed by atoms with van der Waals surface area (Å²) in [5, 5.41) is 10.1. The molecule has 6 heteroatoms. The molecule has 34 heavy (non-hydrogen) atoms. The Labute approximate surface area is 198 Å². The van der Waals surface area contributed by atoms with Gasteiger partial charge in [-0.3, -0.25) is 0 Å². The van der Waals surface area contributed by atoms with Crippen LogP contribution in [0.15, 0.2) is 42.5 Å². The smallest absolute Gasteiger partial charge is 0.157 e. The maximum absolute atomic E-state index is 15.1. The molecule has 3 aromatic carbocycles. The van der Waals surface area contributed by atoms with Gasteiger partial charge in [0.1, 0.15) is 29.1 Å². The summed E-state index contributed by atoms with van der Waals surface area (Å²) in [7, 11) is 0. The zero-order valence-corrected chi connectivity index (χ0v) is 19.3. The molecule has 0 aliphatic carbocycles. The summed E-state index contributed by atoms with van der Waals surface area (Å²) in [6, 6.07) is 13.1. The first kappa shape index (κ1) is 24.3. The molecule has 4 rings (SSSR count). The van der Waals surface area contributed by atoms with Gasteiger partial charge in [0.05, 0.1) is 13.2 Å². The molecule has 178 valence electrons. The van der Waals surface area contributed by atoms with E-state index in [1.165, 1.54) is 6.07 Å². The van der Waals surface area contributed by atoms with Crippen molar-refractivity contribution in [3.05, 3.63) is 82.2 Å². The topological polar surface area (TPSA) is 42.2 Å². The Morgan fingerprint density at radius 3 is 2.29 bits per heavy atom. The predicted molar refractivity (Wildman–Crippen MR) is 125 cm³/mol. The highest BCUT2D eigenvalue weighted by atomic mass is 19.1. The Morgan fingerprint density at radius 1 is 0.882 bits per heavy atom. The van der Waals surface area contributed by atoms with Gasteiger partial charge in [-0.05, 0) is 59.9 Å². The van der Waals surface area contributed by atoms with E-state index in [1.54, 1.807) is 12.1 Å². The lowest BCUT2D eigenvalue weighted by atomic mass is 9.97. The highest BCUT2D eigenvalue weighted by molar-refractivity contribution is 5.84. The number of benzene rings is 3. The molecule has 0 amide bonds. The second kappa shape index (κ2) is 11.0. The minimum absolute atomic E-state index is 0.195. The van der Waals surface area contributed by atoms with Crippen molar-refractivity contribution in [3.63, 3.8) is 0 Å². The van der Waals surface area contributed by atoms with E-state index in [0.29, 0.717) is 28.9 Å². The van der Waals surface area contributed by atoms with Crippen LogP contribution in [-0.4, -0.2) is 19.5 Å². The molecular weight excluding hydrogens is 439 g/mol. The molecule has 1 aliphatic rings. The fourth-order valence-corrected chi connectivity index (χ4v) is 4.50. The summed E-state index contributed by atoms with van der Waals surface area (Å²) in [5.74, 6) is -1.63. The van der Waals surface area contributed by atoms with Gasteiger partial charge in [0.15, 0.2) is 6.29 Å². The number of rotatable bonds is 8. The fourth-order valence-electron chi connectivity index (χ4n) is 4.50. The van der Waals surface area contributed by atoms with Crippen LogP contribution in [0.4, 0.5) is 13.2 Å². The SMILES string of the molecule is CCCC1COC(CCc2ccc3c(F)c(CCc4cc(F)c(C#N)c(F)c4)ccc3c2)OC1. The van der Waals surface area contributed by atoms with E-state index in [1.807, 2.05) is 18.2 Å². The molecule has 0 N–H and O–H groups in total. The number of nitriles is 1. The first-order valence-corrected chi connectivity index (χ1v) is 11.8. The molecule has 1 aliphatic heterocycles. The molecule has 0 atom stereocenters. The second-order valence-electron chi connectivity index (χ2n) is 8.93. The van der Waals surface area contributed by atoms with Crippen LogP contribution in [-0.2, 0) is 28.7 Å². The third kappa shape index (κ3) is 5.60. The van der Waals surface area contributed by atoms with E-state index < -0.39 is 17.2 Å². The summed E-state index contributed by atoms with van der Waals surface area (Å²) in [5.41, 5.74) is 1.36. The number of hydrogen-bond donors (Lipinski definition) is 0.